The highest BCUT2D eigenvalue weighted by Crippen LogP contribution is 2.10. The molecule has 0 unspecified atom stereocenters. The SMILES string of the molecule is N[C@@H](CCC(=O)O)C(=O)O.O=C(O)C(=O)Cc1ccc(O)cc1. The molecule has 9 nitrogen and oxygen atoms in total. The van der Waals surface area contributed by atoms with Crippen LogP contribution in [0.1, 0.15) is 18.4 Å². The van der Waals surface area contributed by atoms with Crippen LogP contribution in [0.2, 0.25) is 0 Å². The maximum Gasteiger partial charge on any atom is 0.372 e. The average molecular weight is 327 g/mol. The topological polar surface area (TPSA) is 175 Å². The molecule has 23 heavy (non-hydrogen) atoms. The van der Waals surface area contributed by atoms with E-state index < -0.39 is 29.7 Å². The predicted molar refractivity (Wildman–Crippen MR) is 76.9 cm³/mol. The Balaban J connectivity index is 0.000000438. The molecule has 1 atom stereocenters. The second-order valence-electron chi connectivity index (χ2n) is 4.45. The number of benzene rings is 1. The predicted octanol–water partition coefficient (Wildman–Crippen LogP) is -0.148. The van der Waals surface area contributed by atoms with Crippen LogP contribution >= 0.6 is 0 Å². The van der Waals surface area contributed by atoms with Gasteiger partial charge in [-0.05, 0) is 24.1 Å². The van der Waals surface area contributed by atoms with E-state index in [0.717, 1.165) is 0 Å². The molecule has 0 aromatic heterocycles. The van der Waals surface area contributed by atoms with Gasteiger partial charge < -0.3 is 26.2 Å². The van der Waals surface area contributed by atoms with Crippen LogP contribution in [-0.2, 0) is 25.6 Å². The maximum atomic E-state index is 10.7. The minimum Gasteiger partial charge on any atom is -0.508 e. The van der Waals surface area contributed by atoms with Crippen molar-refractivity contribution in [2.45, 2.75) is 25.3 Å². The fourth-order valence-corrected chi connectivity index (χ4v) is 1.28. The number of aromatic hydroxyl groups is 1. The fraction of sp³-hybridized carbons (Fsp3) is 0.286. The minimum absolute atomic E-state index is 0.0231. The molecule has 0 aliphatic carbocycles. The number of nitrogens with two attached hydrogens (primary N) is 1. The van der Waals surface area contributed by atoms with E-state index in [4.69, 9.17) is 26.2 Å². The Morgan fingerprint density at radius 3 is 1.91 bits per heavy atom. The van der Waals surface area contributed by atoms with Crippen molar-refractivity contribution in [3.63, 3.8) is 0 Å². The van der Waals surface area contributed by atoms with Crippen LogP contribution in [0.15, 0.2) is 24.3 Å². The van der Waals surface area contributed by atoms with E-state index in [2.05, 4.69) is 0 Å². The van der Waals surface area contributed by atoms with Gasteiger partial charge in [0.2, 0.25) is 5.78 Å². The average Bonchev–Trinajstić information content (AvgIpc) is 2.47. The van der Waals surface area contributed by atoms with Crippen molar-refractivity contribution >= 4 is 23.7 Å². The summed E-state index contributed by atoms with van der Waals surface area (Å²) in [6.07, 6.45) is -0.367. The van der Waals surface area contributed by atoms with Crippen molar-refractivity contribution in [3.8, 4) is 5.75 Å². The first-order valence-electron chi connectivity index (χ1n) is 6.37. The lowest BCUT2D eigenvalue weighted by Crippen LogP contribution is -2.30. The molecule has 9 heteroatoms. The van der Waals surface area contributed by atoms with Gasteiger partial charge in [0.15, 0.2) is 0 Å². The summed E-state index contributed by atoms with van der Waals surface area (Å²) in [7, 11) is 0. The number of carbonyl (C=O) groups is 4. The van der Waals surface area contributed by atoms with E-state index in [1.807, 2.05) is 0 Å². The lowest BCUT2D eigenvalue weighted by molar-refractivity contribution is -0.148. The summed E-state index contributed by atoms with van der Waals surface area (Å²) in [5.74, 6) is -4.40. The Morgan fingerprint density at radius 2 is 1.52 bits per heavy atom. The van der Waals surface area contributed by atoms with E-state index in [1.54, 1.807) is 0 Å². The number of carboxylic acid groups (broad SMARTS) is 3. The lowest BCUT2D eigenvalue weighted by atomic mass is 10.1. The number of hydrogen-bond acceptors (Lipinski definition) is 6. The summed E-state index contributed by atoms with van der Waals surface area (Å²) >= 11 is 0. The molecule has 0 amide bonds. The van der Waals surface area contributed by atoms with Crippen molar-refractivity contribution in [1.82, 2.24) is 0 Å². The third kappa shape index (κ3) is 9.58. The van der Waals surface area contributed by atoms with E-state index in [1.165, 1.54) is 24.3 Å². The molecule has 0 heterocycles. The zero-order chi connectivity index (χ0) is 18.0. The van der Waals surface area contributed by atoms with Gasteiger partial charge in [-0.15, -0.1) is 0 Å². The summed E-state index contributed by atoms with van der Waals surface area (Å²) in [5.41, 5.74) is 5.58. The van der Waals surface area contributed by atoms with E-state index in [0.29, 0.717) is 5.56 Å². The molecule has 0 aliphatic heterocycles. The van der Waals surface area contributed by atoms with Crippen LogP contribution in [-0.4, -0.2) is 50.2 Å². The molecule has 1 aromatic carbocycles. The first kappa shape index (κ1) is 20.1. The molecule has 0 aliphatic rings. The molecule has 0 saturated carbocycles. The van der Waals surface area contributed by atoms with Gasteiger partial charge in [0, 0.05) is 12.8 Å². The molecule has 6 N–H and O–H groups in total. The van der Waals surface area contributed by atoms with Crippen LogP contribution in [0.25, 0.3) is 0 Å². The molecule has 0 spiro atoms. The summed E-state index contributed by atoms with van der Waals surface area (Å²) in [6, 6.07) is 4.78. The van der Waals surface area contributed by atoms with Crippen molar-refractivity contribution < 1.29 is 39.6 Å². The Labute approximate surface area is 131 Å². The highest BCUT2D eigenvalue weighted by molar-refractivity contribution is 6.33. The number of phenols is 1. The van der Waals surface area contributed by atoms with Gasteiger partial charge in [0.1, 0.15) is 11.8 Å². The quantitative estimate of drug-likeness (QED) is 0.426. The zero-order valence-electron chi connectivity index (χ0n) is 12.0. The Kier molecular flexibility index (Phi) is 8.63. The number of rotatable bonds is 7. The van der Waals surface area contributed by atoms with E-state index >= 15 is 0 Å². The molecular formula is C14H17NO8. The van der Waals surface area contributed by atoms with E-state index in [-0.39, 0.29) is 25.0 Å². The second-order valence-corrected chi connectivity index (χ2v) is 4.45. The fourth-order valence-electron chi connectivity index (χ4n) is 1.28. The first-order valence-corrected chi connectivity index (χ1v) is 6.37. The van der Waals surface area contributed by atoms with Crippen LogP contribution in [0.5, 0.6) is 5.75 Å². The van der Waals surface area contributed by atoms with Crippen LogP contribution in [0, 0.1) is 0 Å². The number of hydrogen-bond donors (Lipinski definition) is 5. The van der Waals surface area contributed by atoms with Gasteiger partial charge >= 0.3 is 17.9 Å². The number of aliphatic carboxylic acids is 3. The Morgan fingerprint density at radius 1 is 1.00 bits per heavy atom. The van der Waals surface area contributed by atoms with E-state index in [9.17, 15) is 19.2 Å². The van der Waals surface area contributed by atoms with Crippen molar-refractivity contribution in [3.05, 3.63) is 29.8 Å². The number of phenolic OH excluding ortho intramolecular Hbond substituents is 1. The van der Waals surface area contributed by atoms with Gasteiger partial charge in [0.05, 0.1) is 0 Å². The molecular weight excluding hydrogens is 310 g/mol. The molecule has 0 saturated heterocycles. The number of carboxylic acids is 3. The van der Waals surface area contributed by atoms with Gasteiger partial charge in [-0.2, -0.15) is 0 Å². The molecule has 0 bridgehead atoms. The van der Waals surface area contributed by atoms with Crippen LogP contribution in [0.3, 0.4) is 0 Å². The van der Waals surface area contributed by atoms with Crippen LogP contribution < -0.4 is 5.73 Å². The van der Waals surface area contributed by atoms with Gasteiger partial charge in [-0.25, -0.2) is 4.79 Å². The Bertz CT molecular complexity index is 567. The minimum atomic E-state index is -1.44. The third-order valence-electron chi connectivity index (χ3n) is 2.53. The summed E-state index contributed by atoms with van der Waals surface area (Å²) in [4.78, 5) is 40.8. The molecule has 1 aromatic rings. The number of ketones is 1. The molecule has 126 valence electrons. The lowest BCUT2D eigenvalue weighted by Gasteiger charge is -2.01. The normalized spacial score (nSPS) is 10.8. The van der Waals surface area contributed by atoms with Crippen molar-refractivity contribution in [2.24, 2.45) is 5.73 Å². The largest absolute Gasteiger partial charge is 0.508 e. The smallest absolute Gasteiger partial charge is 0.372 e. The molecule has 0 radical (unpaired) electrons. The van der Waals surface area contributed by atoms with Gasteiger partial charge in [-0.3, -0.25) is 14.4 Å². The summed E-state index contributed by atoms with van der Waals surface area (Å²) < 4.78 is 0. The maximum absolute atomic E-state index is 10.7. The van der Waals surface area contributed by atoms with Crippen LogP contribution in [0.4, 0.5) is 0 Å². The summed E-state index contributed by atoms with van der Waals surface area (Å²) in [6.45, 7) is 0. The summed E-state index contributed by atoms with van der Waals surface area (Å²) in [5, 5.41) is 33.5. The highest BCUT2D eigenvalue weighted by Gasteiger charge is 2.12. The number of Topliss-reactive ketones (excluding diaryl/α,β-unsaturated/α-hetero) is 1. The molecule has 1 rings (SSSR count). The highest BCUT2D eigenvalue weighted by atomic mass is 16.4. The van der Waals surface area contributed by atoms with Crippen molar-refractivity contribution in [2.75, 3.05) is 0 Å². The third-order valence-corrected chi connectivity index (χ3v) is 2.53. The molecule has 0 fully saturated rings. The number of carbonyl (C=O) groups excluding carboxylic acids is 1. The van der Waals surface area contributed by atoms with Gasteiger partial charge in [-0.1, -0.05) is 12.1 Å². The Hall–Kier alpha value is -2.94. The standard InChI is InChI=1S/C9H8O4.C5H9NO4/c10-7-3-1-6(2-4-7)5-8(11)9(12)13;6-3(5(9)10)1-2-4(7)8/h1-4,10H,5H2,(H,12,13);3H,1-2,6H2,(H,7,8)(H,9,10)/t;3-/m.0/s1. The van der Waals surface area contributed by atoms with Crippen molar-refractivity contribution in [1.29, 1.82) is 0 Å². The first-order chi connectivity index (χ1) is 10.6. The second kappa shape index (κ2) is 9.90. The monoisotopic (exact) mass is 327 g/mol. The zero-order valence-corrected chi connectivity index (χ0v) is 12.0. The van der Waals surface area contributed by atoms with Gasteiger partial charge in [0.25, 0.3) is 0 Å².